The van der Waals surface area contributed by atoms with E-state index in [0.29, 0.717) is 16.0 Å². The van der Waals surface area contributed by atoms with Gasteiger partial charge in [-0.15, -0.1) is 0 Å². The molecule has 1 atom stereocenters. The van der Waals surface area contributed by atoms with Gasteiger partial charge in [0.05, 0.1) is 14.2 Å². The van der Waals surface area contributed by atoms with Gasteiger partial charge in [0.15, 0.2) is 12.1 Å². The number of nitrogens with one attached hydrogen (secondary N) is 1. The van der Waals surface area contributed by atoms with Crippen LogP contribution >= 0.6 is 15.9 Å². The van der Waals surface area contributed by atoms with Crippen LogP contribution in [0.3, 0.4) is 0 Å². The van der Waals surface area contributed by atoms with Gasteiger partial charge in [0, 0.05) is 10.0 Å². The van der Waals surface area contributed by atoms with Crippen LogP contribution in [-0.2, 0) is 15.8 Å². The quantitative estimate of drug-likeness (QED) is 0.217. The predicted molar refractivity (Wildman–Crippen MR) is 155 cm³/mol. The minimum Gasteiger partial charge on any atom is -0.497 e. The van der Waals surface area contributed by atoms with Crippen molar-refractivity contribution in [2.45, 2.75) is 23.9 Å². The highest BCUT2D eigenvalue weighted by molar-refractivity contribution is 9.10. The zero-order valence-electron chi connectivity index (χ0n) is 22.6. The van der Waals surface area contributed by atoms with E-state index < -0.39 is 29.4 Å². The second-order valence-electron chi connectivity index (χ2n) is 9.80. The van der Waals surface area contributed by atoms with Crippen molar-refractivity contribution in [2.75, 3.05) is 20.8 Å². The monoisotopic (exact) mass is 624 g/mol. The summed E-state index contributed by atoms with van der Waals surface area (Å²) in [7, 11) is 3.15. The fraction of sp³-hybridized carbons (Fsp3) is 0.219. The van der Waals surface area contributed by atoms with E-state index >= 15 is 13.2 Å². The van der Waals surface area contributed by atoms with Crippen molar-refractivity contribution in [1.29, 1.82) is 0 Å². The van der Waals surface area contributed by atoms with E-state index in [1.54, 1.807) is 14.2 Å². The van der Waals surface area contributed by atoms with Crippen LogP contribution in [0.2, 0.25) is 0 Å². The van der Waals surface area contributed by atoms with Crippen LogP contribution in [0.1, 0.15) is 29.2 Å². The Morgan fingerprint density at radius 3 is 1.90 bits per heavy atom. The summed E-state index contributed by atoms with van der Waals surface area (Å²) in [5.41, 5.74) is -1.37. The van der Waals surface area contributed by atoms with Crippen LogP contribution in [-0.4, -0.2) is 32.8 Å². The third-order valence-electron chi connectivity index (χ3n) is 7.43. The molecule has 4 aromatic carbocycles. The number of amidine groups is 1. The van der Waals surface area contributed by atoms with Gasteiger partial charge in [-0.2, -0.15) is 8.78 Å². The van der Waals surface area contributed by atoms with E-state index in [4.69, 9.17) is 14.2 Å². The first kappa shape index (κ1) is 28.5. The van der Waals surface area contributed by atoms with E-state index in [9.17, 15) is 0 Å². The fourth-order valence-electron chi connectivity index (χ4n) is 5.06. The van der Waals surface area contributed by atoms with Gasteiger partial charge in [0.25, 0.3) is 6.02 Å². The SMILES string of the molecule is COc1ccc(C(NC2=NC(C)(c3cc(Br)ccc3F)C(F)(F)CO2)(c2ccccc2)c2ccc(OC)cc2)cc1. The summed E-state index contributed by atoms with van der Waals surface area (Å²) in [5.74, 6) is -3.00. The molecule has 1 N–H and O–H groups in total. The molecule has 0 saturated carbocycles. The molecule has 1 aliphatic rings. The molecule has 1 unspecified atom stereocenters. The molecule has 9 heteroatoms. The first-order valence-corrected chi connectivity index (χ1v) is 13.6. The molecule has 4 aromatic rings. The Labute approximate surface area is 245 Å². The minimum absolute atomic E-state index is 0.159. The predicted octanol–water partition coefficient (Wildman–Crippen LogP) is 7.42. The summed E-state index contributed by atoms with van der Waals surface area (Å²) in [6, 6.07) is 28.1. The van der Waals surface area contributed by atoms with Crippen molar-refractivity contribution < 1.29 is 27.4 Å². The number of halogens is 4. The van der Waals surface area contributed by atoms with Crippen molar-refractivity contribution in [2.24, 2.45) is 4.99 Å². The number of alkyl halides is 2. The number of ether oxygens (including phenoxy) is 3. The van der Waals surface area contributed by atoms with Crippen LogP contribution in [0.25, 0.3) is 0 Å². The highest BCUT2D eigenvalue weighted by atomic mass is 79.9. The van der Waals surface area contributed by atoms with Crippen molar-refractivity contribution in [3.8, 4) is 11.5 Å². The smallest absolute Gasteiger partial charge is 0.310 e. The summed E-state index contributed by atoms with van der Waals surface area (Å²) < 4.78 is 62.9. The van der Waals surface area contributed by atoms with E-state index in [0.717, 1.165) is 22.8 Å². The number of hydrogen-bond donors (Lipinski definition) is 1. The number of benzene rings is 4. The zero-order valence-corrected chi connectivity index (χ0v) is 24.2. The lowest BCUT2D eigenvalue weighted by atomic mass is 9.77. The molecule has 212 valence electrons. The number of nitrogens with zero attached hydrogens (tertiary/aromatic N) is 1. The molecule has 1 aliphatic heterocycles. The van der Waals surface area contributed by atoms with Crippen LogP contribution in [0.15, 0.2) is 107 Å². The molecule has 0 bridgehead atoms. The van der Waals surface area contributed by atoms with Crippen molar-refractivity contribution in [3.05, 3.63) is 130 Å². The van der Waals surface area contributed by atoms with Crippen LogP contribution in [0, 0.1) is 5.82 Å². The van der Waals surface area contributed by atoms with E-state index in [2.05, 4.69) is 26.2 Å². The van der Waals surface area contributed by atoms with Gasteiger partial charge >= 0.3 is 5.92 Å². The molecule has 0 aliphatic carbocycles. The van der Waals surface area contributed by atoms with Gasteiger partial charge < -0.3 is 19.5 Å². The van der Waals surface area contributed by atoms with Crippen molar-refractivity contribution >= 4 is 22.0 Å². The Morgan fingerprint density at radius 2 is 1.37 bits per heavy atom. The maximum Gasteiger partial charge on any atom is 0.310 e. The largest absolute Gasteiger partial charge is 0.497 e. The first-order valence-electron chi connectivity index (χ1n) is 12.8. The van der Waals surface area contributed by atoms with Crippen molar-refractivity contribution in [1.82, 2.24) is 5.32 Å². The molecule has 0 radical (unpaired) electrons. The number of hydrogen-bond acceptors (Lipinski definition) is 5. The highest BCUT2D eigenvalue weighted by Crippen LogP contribution is 2.46. The van der Waals surface area contributed by atoms with E-state index in [1.807, 2.05) is 78.9 Å². The van der Waals surface area contributed by atoms with Crippen LogP contribution < -0.4 is 14.8 Å². The second kappa shape index (κ2) is 11.1. The van der Waals surface area contributed by atoms with Gasteiger partial charge in [-0.3, -0.25) is 0 Å². The Bertz CT molecular complexity index is 1500. The summed E-state index contributed by atoms with van der Waals surface area (Å²) in [4.78, 5) is 4.39. The standard InChI is InChI=1S/C32H28BrF3N2O3/c1-30(27-19-24(33)13-18-28(27)34)31(35,36)20-41-29(37-30)38-32(21-7-5-4-6-8-21,22-9-14-25(39-2)15-10-22)23-11-16-26(40-3)17-12-23/h4-19H,20H2,1-3H3,(H,37,38). The van der Waals surface area contributed by atoms with Crippen molar-refractivity contribution in [3.63, 3.8) is 0 Å². The number of aliphatic imine (C=N–C) groups is 1. The lowest BCUT2D eigenvalue weighted by Gasteiger charge is -2.42. The fourth-order valence-corrected chi connectivity index (χ4v) is 5.42. The molecule has 1 heterocycles. The maximum absolute atomic E-state index is 15.5. The molecule has 0 amide bonds. The van der Waals surface area contributed by atoms with Crippen LogP contribution in [0.5, 0.6) is 11.5 Å². The minimum atomic E-state index is -3.50. The van der Waals surface area contributed by atoms with E-state index in [1.165, 1.54) is 19.1 Å². The van der Waals surface area contributed by atoms with Gasteiger partial charge in [-0.05, 0) is 66.1 Å². The topological polar surface area (TPSA) is 52.1 Å². The number of methoxy groups -OCH3 is 2. The van der Waals surface area contributed by atoms with Crippen LogP contribution in [0.4, 0.5) is 13.2 Å². The van der Waals surface area contributed by atoms with Gasteiger partial charge in [-0.1, -0.05) is 70.5 Å². The third-order valence-corrected chi connectivity index (χ3v) is 7.92. The first-order chi connectivity index (χ1) is 19.6. The highest BCUT2D eigenvalue weighted by Gasteiger charge is 2.57. The Hall–Kier alpha value is -3.98. The van der Waals surface area contributed by atoms with E-state index in [-0.39, 0.29) is 11.6 Å². The maximum atomic E-state index is 15.5. The Balaban J connectivity index is 1.75. The molecule has 5 rings (SSSR count). The molecule has 0 aromatic heterocycles. The Morgan fingerprint density at radius 1 is 0.829 bits per heavy atom. The molecular formula is C32H28BrF3N2O3. The summed E-state index contributed by atoms with van der Waals surface area (Å²) >= 11 is 3.28. The van der Waals surface area contributed by atoms with Gasteiger partial charge in [0.1, 0.15) is 22.9 Å². The molecule has 0 saturated heterocycles. The number of rotatable bonds is 7. The van der Waals surface area contributed by atoms with Gasteiger partial charge in [0.2, 0.25) is 0 Å². The summed E-state index contributed by atoms with van der Waals surface area (Å²) in [6.45, 7) is 0.213. The molecular weight excluding hydrogens is 597 g/mol. The Kier molecular flexibility index (Phi) is 7.74. The third kappa shape index (κ3) is 5.14. The molecule has 0 spiro atoms. The normalized spacial score (nSPS) is 18.2. The summed E-state index contributed by atoms with van der Waals surface area (Å²) in [6.07, 6.45) is 0. The average Bonchev–Trinajstić information content (AvgIpc) is 2.99. The second-order valence-corrected chi connectivity index (χ2v) is 10.7. The molecule has 5 nitrogen and oxygen atoms in total. The zero-order chi connectivity index (χ0) is 29.3. The summed E-state index contributed by atoms with van der Waals surface area (Å²) in [5, 5.41) is 3.37. The lowest BCUT2D eigenvalue weighted by molar-refractivity contribution is -0.118. The molecule has 41 heavy (non-hydrogen) atoms. The lowest BCUT2D eigenvalue weighted by Crippen LogP contribution is -2.56. The van der Waals surface area contributed by atoms with Gasteiger partial charge in [-0.25, -0.2) is 9.38 Å². The average molecular weight is 625 g/mol. The molecule has 0 fully saturated rings.